The predicted octanol–water partition coefficient (Wildman–Crippen LogP) is 2.40. The van der Waals surface area contributed by atoms with Crippen molar-refractivity contribution in [3.05, 3.63) is 29.8 Å². The molecular formula is C12H16BrNO2S. The normalized spacial score (nSPS) is 21.9. The maximum Gasteiger partial charge on any atom is 0.243 e. The van der Waals surface area contributed by atoms with Crippen LogP contribution in [-0.2, 0) is 10.0 Å². The maximum absolute atomic E-state index is 12.4. The molecule has 0 radical (unpaired) electrons. The molecule has 1 saturated heterocycles. The average molecular weight is 318 g/mol. The third kappa shape index (κ3) is 2.72. The molecule has 1 heterocycles. The predicted molar refractivity (Wildman–Crippen MR) is 71.8 cm³/mol. The summed E-state index contributed by atoms with van der Waals surface area (Å²) >= 11 is 3.42. The molecule has 0 aromatic heterocycles. The molecule has 1 aliphatic heterocycles. The number of hydrogen-bond acceptors (Lipinski definition) is 2. The van der Waals surface area contributed by atoms with Crippen molar-refractivity contribution < 1.29 is 8.42 Å². The highest BCUT2D eigenvalue weighted by molar-refractivity contribution is 9.09. The van der Waals surface area contributed by atoms with Crippen LogP contribution in [0.4, 0.5) is 0 Å². The minimum atomic E-state index is -3.29. The van der Waals surface area contributed by atoms with Crippen molar-refractivity contribution in [2.45, 2.75) is 18.2 Å². The molecule has 0 amide bonds. The molecular weight excluding hydrogens is 302 g/mol. The largest absolute Gasteiger partial charge is 0.243 e. The Labute approximate surface area is 111 Å². The quantitative estimate of drug-likeness (QED) is 0.803. The summed E-state index contributed by atoms with van der Waals surface area (Å²) in [6.07, 6.45) is 0.941. The number of halogens is 1. The van der Waals surface area contributed by atoms with Gasteiger partial charge < -0.3 is 0 Å². The van der Waals surface area contributed by atoms with Crippen molar-refractivity contribution in [3.63, 3.8) is 0 Å². The van der Waals surface area contributed by atoms with Gasteiger partial charge in [0.25, 0.3) is 0 Å². The number of rotatable bonds is 3. The highest BCUT2D eigenvalue weighted by atomic mass is 79.9. The van der Waals surface area contributed by atoms with Gasteiger partial charge >= 0.3 is 0 Å². The minimum Gasteiger partial charge on any atom is -0.207 e. The molecule has 1 aliphatic rings. The van der Waals surface area contributed by atoms with E-state index in [1.54, 1.807) is 22.5 Å². The van der Waals surface area contributed by atoms with Crippen LogP contribution in [0.15, 0.2) is 29.2 Å². The van der Waals surface area contributed by atoms with Crippen LogP contribution in [-0.4, -0.2) is 31.1 Å². The topological polar surface area (TPSA) is 37.4 Å². The Kier molecular flexibility index (Phi) is 3.90. The van der Waals surface area contributed by atoms with Crippen molar-refractivity contribution in [2.24, 2.45) is 5.92 Å². The van der Waals surface area contributed by atoms with Crippen molar-refractivity contribution >= 4 is 26.0 Å². The second kappa shape index (κ2) is 5.08. The Morgan fingerprint density at radius 1 is 1.47 bits per heavy atom. The number of alkyl halides is 1. The number of hydrogen-bond donors (Lipinski definition) is 0. The van der Waals surface area contributed by atoms with Gasteiger partial charge in [-0.1, -0.05) is 28.1 Å². The Morgan fingerprint density at radius 2 is 2.24 bits per heavy atom. The Balaban J connectivity index is 2.25. The third-order valence-corrected chi connectivity index (χ3v) is 5.87. The van der Waals surface area contributed by atoms with Crippen LogP contribution in [0.1, 0.15) is 12.0 Å². The molecule has 17 heavy (non-hydrogen) atoms. The maximum atomic E-state index is 12.4. The van der Waals surface area contributed by atoms with Crippen molar-refractivity contribution in [1.82, 2.24) is 4.31 Å². The van der Waals surface area contributed by atoms with Crippen LogP contribution in [0.2, 0.25) is 0 Å². The number of sulfonamides is 1. The van der Waals surface area contributed by atoms with Gasteiger partial charge in [0.15, 0.2) is 0 Å². The van der Waals surface area contributed by atoms with Crippen molar-refractivity contribution in [2.75, 3.05) is 18.4 Å². The fourth-order valence-corrected chi connectivity index (χ4v) is 4.23. The fraction of sp³-hybridized carbons (Fsp3) is 0.500. The van der Waals surface area contributed by atoms with Gasteiger partial charge in [-0.15, -0.1) is 0 Å². The highest BCUT2D eigenvalue weighted by Gasteiger charge is 2.31. The van der Waals surface area contributed by atoms with Gasteiger partial charge in [0.05, 0.1) is 4.90 Å². The molecule has 0 N–H and O–H groups in total. The smallest absolute Gasteiger partial charge is 0.207 e. The lowest BCUT2D eigenvalue weighted by atomic mass is 10.2. The molecule has 0 aliphatic carbocycles. The van der Waals surface area contributed by atoms with Gasteiger partial charge in [-0.2, -0.15) is 4.31 Å². The summed E-state index contributed by atoms with van der Waals surface area (Å²) in [6.45, 7) is 3.17. The van der Waals surface area contributed by atoms with Gasteiger partial charge in [-0.3, -0.25) is 0 Å². The first-order chi connectivity index (χ1) is 8.04. The van der Waals surface area contributed by atoms with Crippen LogP contribution >= 0.6 is 15.9 Å². The van der Waals surface area contributed by atoms with Gasteiger partial charge in [-0.25, -0.2) is 8.42 Å². The molecule has 94 valence electrons. The fourth-order valence-electron chi connectivity index (χ4n) is 2.07. The van der Waals surface area contributed by atoms with E-state index >= 15 is 0 Å². The standard InChI is InChI=1S/C12H16BrNO2S/c1-10-3-2-4-12(7-10)17(15,16)14-6-5-11(8-13)9-14/h2-4,7,11H,5-6,8-9H2,1H3. The number of benzene rings is 1. The van der Waals surface area contributed by atoms with Crippen LogP contribution in [0.3, 0.4) is 0 Å². The van der Waals surface area contributed by atoms with E-state index in [9.17, 15) is 8.42 Å². The molecule has 1 aromatic rings. The SMILES string of the molecule is Cc1cccc(S(=O)(=O)N2CCC(CBr)C2)c1. The summed E-state index contributed by atoms with van der Waals surface area (Å²) in [5, 5.41) is 0.868. The van der Waals surface area contributed by atoms with Crippen molar-refractivity contribution in [3.8, 4) is 0 Å². The first-order valence-electron chi connectivity index (χ1n) is 5.67. The Morgan fingerprint density at radius 3 is 2.82 bits per heavy atom. The van der Waals surface area contributed by atoms with Gasteiger partial charge in [0.1, 0.15) is 0 Å². The highest BCUT2D eigenvalue weighted by Crippen LogP contribution is 2.25. The molecule has 0 saturated carbocycles. The third-order valence-electron chi connectivity index (χ3n) is 3.09. The molecule has 1 aromatic carbocycles. The molecule has 1 fully saturated rings. The summed E-state index contributed by atoms with van der Waals surface area (Å²) in [5.74, 6) is 0.439. The summed E-state index contributed by atoms with van der Waals surface area (Å²) in [4.78, 5) is 0.410. The van der Waals surface area contributed by atoms with E-state index in [4.69, 9.17) is 0 Å². The van der Waals surface area contributed by atoms with E-state index in [0.717, 1.165) is 17.3 Å². The Bertz CT molecular complexity index is 501. The first kappa shape index (κ1) is 13.1. The van der Waals surface area contributed by atoms with E-state index in [0.29, 0.717) is 23.9 Å². The minimum absolute atomic E-state index is 0.410. The van der Waals surface area contributed by atoms with Crippen LogP contribution < -0.4 is 0 Å². The van der Waals surface area contributed by atoms with Gasteiger partial charge in [0, 0.05) is 18.4 Å². The summed E-state index contributed by atoms with van der Waals surface area (Å²) in [7, 11) is -3.29. The average Bonchev–Trinajstić information content (AvgIpc) is 2.78. The van der Waals surface area contributed by atoms with Gasteiger partial charge in [0.2, 0.25) is 10.0 Å². The Hall–Kier alpha value is -0.390. The molecule has 1 unspecified atom stereocenters. The van der Waals surface area contributed by atoms with Crippen LogP contribution in [0.5, 0.6) is 0 Å². The van der Waals surface area contributed by atoms with E-state index < -0.39 is 10.0 Å². The molecule has 1 atom stereocenters. The zero-order chi connectivity index (χ0) is 12.5. The number of nitrogens with zero attached hydrogens (tertiary/aromatic N) is 1. The first-order valence-corrected chi connectivity index (χ1v) is 8.23. The van der Waals surface area contributed by atoms with E-state index in [1.165, 1.54) is 0 Å². The molecule has 5 heteroatoms. The summed E-state index contributed by atoms with van der Waals surface area (Å²) in [5.41, 5.74) is 0.974. The summed E-state index contributed by atoms with van der Waals surface area (Å²) in [6, 6.07) is 7.10. The zero-order valence-electron chi connectivity index (χ0n) is 9.77. The molecule has 0 spiro atoms. The summed E-state index contributed by atoms with van der Waals surface area (Å²) < 4.78 is 26.3. The molecule has 0 bridgehead atoms. The van der Waals surface area contributed by atoms with E-state index in [-0.39, 0.29) is 0 Å². The van der Waals surface area contributed by atoms with Crippen LogP contribution in [0.25, 0.3) is 0 Å². The lowest BCUT2D eigenvalue weighted by Crippen LogP contribution is -2.29. The lowest BCUT2D eigenvalue weighted by Gasteiger charge is -2.16. The van der Waals surface area contributed by atoms with Crippen molar-refractivity contribution in [1.29, 1.82) is 0 Å². The molecule has 3 nitrogen and oxygen atoms in total. The second-order valence-electron chi connectivity index (χ2n) is 4.49. The van der Waals surface area contributed by atoms with Crippen LogP contribution in [0, 0.1) is 12.8 Å². The number of aryl methyl sites for hydroxylation is 1. The second-order valence-corrected chi connectivity index (χ2v) is 7.07. The lowest BCUT2D eigenvalue weighted by molar-refractivity contribution is 0.466. The molecule has 2 rings (SSSR count). The van der Waals surface area contributed by atoms with Gasteiger partial charge in [-0.05, 0) is 37.0 Å². The zero-order valence-corrected chi connectivity index (χ0v) is 12.2. The van der Waals surface area contributed by atoms with E-state index in [1.807, 2.05) is 13.0 Å². The van der Waals surface area contributed by atoms with E-state index in [2.05, 4.69) is 15.9 Å². The monoisotopic (exact) mass is 317 g/mol.